The lowest BCUT2D eigenvalue weighted by Crippen LogP contribution is -2.36. The van der Waals surface area contributed by atoms with Crippen LogP contribution in [0.15, 0.2) is 45.9 Å². The highest BCUT2D eigenvalue weighted by atomic mass is 35.5. The van der Waals surface area contributed by atoms with Gasteiger partial charge in [-0.05, 0) is 37.1 Å². The Morgan fingerprint density at radius 2 is 1.68 bits per heavy atom. The van der Waals surface area contributed by atoms with Crippen molar-refractivity contribution < 1.29 is 18.7 Å². The quantitative estimate of drug-likeness (QED) is 0.566. The summed E-state index contributed by atoms with van der Waals surface area (Å²) in [6, 6.07) is 5.39. The van der Waals surface area contributed by atoms with Crippen LogP contribution in [0.5, 0.6) is 0 Å². The first-order chi connectivity index (χ1) is 11.9. The molecule has 0 bridgehead atoms. The number of halogens is 4. The van der Waals surface area contributed by atoms with E-state index in [0.717, 1.165) is 0 Å². The monoisotopic (exact) mass is 405 g/mol. The smallest absolute Gasteiger partial charge is 0.310 e. The Hall–Kier alpha value is -1.56. The lowest BCUT2D eigenvalue weighted by atomic mass is 9.82. The number of carbonyl (C=O) groups excluding carboxylic acids is 2. The van der Waals surface area contributed by atoms with Gasteiger partial charge in [-0.2, -0.15) is 0 Å². The molecular formula is C17H15Cl3FNO3. The van der Waals surface area contributed by atoms with Crippen molar-refractivity contribution in [2.75, 3.05) is 11.9 Å². The van der Waals surface area contributed by atoms with E-state index in [1.165, 1.54) is 24.3 Å². The maximum absolute atomic E-state index is 12.9. The van der Waals surface area contributed by atoms with E-state index in [1.807, 2.05) is 12.2 Å². The molecule has 8 heteroatoms. The second-order valence-corrected chi connectivity index (χ2v) is 6.83. The number of esters is 1. The first-order valence-corrected chi connectivity index (χ1v) is 8.59. The molecule has 1 aliphatic carbocycles. The van der Waals surface area contributed by atoms with E-state index in [-0.39, 0.29) is 22.0 Å². The van der Waals surface area contributed by atoms with Crippen molar-refractivity contribution in [1.29, 1.82) is 0 Å². The number of anilines is 1. The molecule has 0 aromatic heterocycles. The Morgan fingerprint density at radius 3 is 2.28 bits per heavy atom. The zero-order valence-corrected chi connectivity index (χ0v) is 15.2. The predicted molar refractivity (Wildman–Crippen MR) is 95.9 cm³/mol. The summed E-state index contributed by atoms with van der Waals surface area (Å²) in [5.74, 6) is -2.55. The normalized spacial score (nSPS) is 19.2. The molecule has 0 spiro atoms. The van der Waals surface area contributed by atoms with Crippen LogP contribution in [0.3, 0.4) is 0 Å². The van der Waals surface area contributed by atoms with Crippen molar-refractivity contribution in [2.24, 2.45) is 11.8 Å². The van der Waals surface area contributed by atoms with Crippen LogP contribution in [0.1, 0.15) is 12.8 Å². The molecule has 0 fully saturated rings. The SMILES string of the molecule is O=C(Nc1ccc(F)cc1)[C@H]1CC=CC[C@H]1C(=O)OCC(Cl)=C(Cl)Cl. The second kappa shape index (κ2) is 9.22. The fourth-order valence-electron chi connectivity index (χ4n) is 2.43. The van der Waals surface area contributed by atoms with E-state index in [0.29, 0.717) is 18.5 Å². The highest BCUT2D eigenvalue weighted by Gasteiger charge is 2.35. The number of amides is 1. The molecule has 0 heterocycles. The number of rotatable bonds is 5. The summed E-state index contributed by atoms with van der Waals surface area (Å²) in [5, 5.41) is 2.69. The molecule has 1 aliphatic rings. The molecule has 0 radical (unpaired) electrons. The van der Waals surface area contributed by atoms with Crippen LogP contribution in [-0.4, -0.2) is 18.5 Å². The maximum Gasteiger partial charge on any atom is 0.310 e. The van der Waals surface area contributed by atoms with E-state index in [1.54, 1.807) is 0 Å². The Kier molecular flexibility index (Phi) is 7.29. The number of benzene rings is 1. The van der Waals surface area contributed by atoms with E-state index < -0.39 is 23.6 Å². The van der Waals surface area contributed by atoms with Gasteiger partial charge in [-0.15, -0.1) is 0 Å². The van der Waals surface area contributed by atoms with Crippen molar-refractivity contribution in [3.8, 4) is 0 Å². The van der Waals surface area contributed by atoms with Gasteiger partial charge in [0.05, 0.1) is 16.9 Å². The zero-order valence-electron chi connectivity index (χ0n) is 13.0. The topological polar surface area (TPSA) is 55.4 Å². The molecule has 134 valence electrons. The van der Waals surface area contributed by atoms with Crippen LogP contribution < -0.4 is 5.32 Å². The van der Waals surface area contributed by atoms with Gasteiger partial charge in [-0.3, -0.25) is 9.59 Å². The van der Waals surface area contributed by atoms with Crippen molar-refractivity contribution in [1.82, 2.24) is 0 Å². The Bertz CT molecular complexity index is 700. The first kappa shape index (κ1) is 19.8. The van der Waals surface area contributed by atoms with Crippen molar-refractivity contribution >= 4 is 52.4 Å². The summed E-state index contributed by atoms with van der Waals surface area (Å²) in [6.07, 6.45) is 4.42. The fraction of sp³-hybridized carbons (Fsp3) is 0.294. The molecule has 1 amide bonds. The lowest BCUT2D eigenvalue weighted by Gasteiger charge is -2.26. The molecule has 0 unspecified atom stereocenters. The number of carbonyl (C=O) groups is 2. The lowest BCUT2D eigenvalue weighted by molar-refractivity contribution is -0.151. The third kappa shape index (κ3) is 5.73. The zero-order chi connectivity index (χ0) is 18.4. The third-order valence-electron chi connectivity index (χ3n) is 3.73. The average molecular weight is 407 g/mol. The van der Waals surface area contributed by atoms with Crippen LogP contribution in [0.2, 0.25) is 0 Å². The largest absolute Gasteiger partial charge is 0.460 e. The molecule has 2 rings (SSSR count). The molecule has 1 aromatic carbocycles. The van der Waals surface area contributed by atoms with Crippen molar-refractivity contribution in [3.63, 3.8) is 0 Å². The first-order valence-electron chi connectivity index (χ1n) is 7.46. The summed E-state index contributed by atoms with van der Waals surface area (Å²) in [6.45, 7) is -0.255. The van der Waals surface area contributed by atoms with Crippen molar-refractivity contribution in [3.05, 3.63) is 51.8 Å². The highest BCUT2D eigenvalue weighted by Crippen LogP contribution is 2.29. The van der Waals surface area contributed by atoms with Gasteiger partial charge < -0.3 is 10.1 Å². The summed E-state index contributed by atoms with van der Waals surface area (Å²) in [5.41, 5.74) is 0.452. The maximum atomic E-state index is 12.9. The highest BCUT2D eigenvalue weighted by molar-refractivity contribution is 6.59. The number of allylic oxidation sites excluding steroid dienone is 2. The molecule has 4 nitrogen and oxygen atoms in total. The Balaban J connectivity index is 2.03. The molecule has 2 atom stereocenters. The van der Waals surface area contributed by atoms with Gasteiger partial charge in [0.2, 0.25) is 5.91 Å². The minimum Gasteiger partial charge on any atom is -0.460 e. The molecule has 25 heavy (non-hydrogen) atoms. The number of hydrogen-bond acceptors (Lipinski definition) is 3. The van der Waals surface area contributed by atoms with E-state index in [2.05, 4.69) is 5.32 Å². The fourth-order valence-corrected chi connectivity index (χ4v) is 2.59. The van der Waals surface area contributed by atoms with Gasteiger partial charge in [0.25, 0.3) is 0 Å². The molecule has 0 saturated carbocycles. The van der Waals surface area contributed by atoms with E-state index in [9.17, 15) is 14.0 Å². The van der Waals surface area contributed by atoms with Crippen LogP contribution in [0.4, 0.5) is 10.1 Å². The van der Waals surface area contributed by atoms with Gasteiger partial charge in [0.15, 0.2) is 0 Å². The van der Waals surface area contributed by atoms with Crippen LogP contribution in [0.25, 0.3) is 0 Å². The molecule has 0 aliphatic heterocycles. The summed E-state index contributed by atoms with van der Waals surface area (Å²) < 4.78 is 17.8. The summed E-state index contributed by atoms with van der Waals surface area (Å²) in [4.78, 5) is 24.8. The third-order valence-corrected chi connectivity index (χ3v) is 4.68. The minimum absolute atomic E-state index is 0.00958. The number of ether oxygens (including phenoxy) is 1. The molecular weight excluding hydrogens is 392 g/mol. The standard InChI is InChI=1S/C17H15Cl3FNO3/c18-14(15(19)20)9-25-17(24)13-4-2-1-3-12(13)16(23)22-11-7-5-10(21)6-8-11/h1-2,5-8,12-13H,3-4,9H2,(H,22,23)/t12-,13+/m0/s1. The van der Waals surface area contributed by atoms with Gasteiger partial charge in [-0.1, -0.05) is 47.0 Å². The molecule has 1 aromatic rings. The average Bonchev–Trinajstić information content (AvgIpc) is 2.61. The minimum atomic E-state index is -0.649. The number of hydrogen-bond donors (Lipinski definition) is 1. The van der Waals surface area contributed by atoms with E-state index in [4.69, 9.17) is 39.5 Å². The Morgan fingerprint density at radius 1 is 1.08 bits per heavy atom. The van der Waals surface area contributed by atoms with Crippen LogP contribution in [0, 0.1) is 17.7 Å². The number of nitrogens with one attached hydrogen (secondary N) is 1. The van der Waals surface area contributed by atoms with Crippen molar-refractivity contribution in [2.45, 2.75) is 12.8 Å². The molecule has 1 N–H and O–H groups in total. The van der Waals surface area contributed by atoms with Crippen LogP contribution >= 0.6 is 34.8 Å². The van der Waals surface area contributed by atoms with Gasteiger partial charge in [-0.25, -0.2) is 4.39 Å². The molecule has 0 saturated heterocycles. The van der Waals surface area contributed by atoms with Gasteiger partial charge in [0, 0.05) is 5.69 Å². The van der Waals surface area contributed by atoms with E-state index >= 15 is 0 Å². The van der Waals surface area contributed by atoms with Gasteiger partial charge >= 0.3 is 5.97 Å². The van der Waals surface area contributed by atoms with Gasteiger partial charge in [0.1, 0.15) is 16.9 Å². The predicted octanol–water partition coefficient (Wildman–Crippen LogP) is 4.78. The van der Waals surface area contributed by atoms with Crippen LogP contribution in [-0.2, 0) is 14.3 Å². The second-order valence-electron chi connectivity index (χ2n) is 5.42. The summed E-state index contributed by atoms with van der Waals surface area (Å²) in [7, 11) is 0. The summed E-state index contributed by atoms with van der Waals surface area (Å²) >= 11 is 16.7. The Labute approximate surface area is 159 Å².